The molecule has 6 heteroatoms. The topological polar surface area (TPSA) is 74.2 Å². The standard InChI is InChI=1S/C23H30O6/c1-4-5-13-28-23(25)16-29-19-8-6-7-18(15-19)20(24)11-9-17-10-12-21(26-2)22(14-17)27-3/h6-8,10,12,14-15,20,24H,4-5,9,11,13,16H2,1-3H3/t20-/m1/s1. The van der Waals surface area contributed by atoms with Crippen molar-refractivity contribution in [1.82, 2.24) is 0 Å². The van der Waals surface area contributed by atoms with Crippen LogP contribution in [0.15, 0.2) is 42.5 Å². The van der Waals surface area contributed by atoms with E-state index in [9.17, 15) is 9.90 Å². The third-order valence-electron chi connectivity index (χ3n) is 4.51. The van der Waals surface area contributed by atoms with E-state index in [4.69, 9.17) is 18.9 Å². The van der Waals surface area contributed by atoms with Crippen LogP contribution in [0.1, 0.15) is 43.4 Å². The van der Waals surface area contributed by atoms with Crippen molar-refractivity contribution in [2.75, 3.05) is 27.4 Å². The average molecular weight is 402 g/mol. The summed E-state index contributed by atoms with van der Waals surface area (Å²) in [6.07, 6.45) is 2.38. The zero-order valence-electron chi connectivity index (χ0n) is 17.3. The molecule has 0 saturated heterocycles. The number of rotatable bonds is 12. The second-order valence-corrected chi connectivity index (χ2v) is 6.68. The first-order valence-corrected chi connectivity index (χ1v) is 9.84. The van der Waals surface area contributed by atoms with Gasteiger partial charge in [0.1, 0.15) is 5.75 Å². The number of ether oxygens (including phenoxy) is 4. The molecular weight excluding hydrogens is 372 g/mol. The predicted octanol–water partition coefficient (Wildman–Crippen LogP) is 4.09. The Morgan fingerprint density at radius 3 is 2.59 bits per heavy atom. The SMILES string of the molecule is CCCCOC(=O)COc1cccc([C@H](O)CCc2ccc(OC)c(OC)c2)c1. The smallest absolute Gasteiger partial charge is 0.344 e. The Balaban J connectivity index is 1.88. The largest absolute Gasteiger partial charge is 0.493 e. The number of carbonyl (C=O) groups excluding carboxylic acids is 1. The summed E-state index contributed by atoms with van der Waals surface area (Å²) in [7, 11) is 3.20. The monoisotopic (exact) mass is 402 g/mol. The van der Waals surface area contributed by atoms with Gasteiger partial charge in [0.25, 0.3) is 0 Å². The Morgan fingerprint density at radius 1 is 1.07 bits per heavy atom. The number of benzene rings is 2. The molecule has 158 valence electrons. The molecule has 2 rings (SSSR count). The Kier molecular flexibility index (Phi) is 9.31. The van der Waals surface area contributed by atoms with Crippen LogP contribution in [-0.2, 0) is 16.0 Å². The van der Waals surface area contributed by atoms with Crippen molar-refractivity contribution in [3.05, 3.63) is 53.6 Å². The van der Waals surface area contributed by atoms with E-state index < -0.39 is 12.1 Å². The van der Waals surface area contributed by atoms with Gasteiger partial charge in [0, 0.05) is 0 Å². The van der Waals surface area contributed by atoms with Gasteiger partial charge in [-0.2, -0.15) is 0 Å². The van der Waals surface area contributed by atoms with Crippen LogP contribution in [0.5, 0.6) is 17.2 Å². The Bertz CT molecular complexity index is 774. The van der Waals surface area contributed by atoms with Gasteiger partial charge in [0.2, 0.25) is 0 Å². The van der Waals surface area contributed by atoms with Crippen LogP contribution in [0.3, 0.4) is 0 Å². The van der Waals surface area contributed by atoms with Gasteiger partial charge >= 0.3 is 5.97 Å². The highest BCUT2D eigenvalue weighted by atomic mass is 16.6. The lowest BCUT2D eigenvalue weighted by Crippen LogP contribution is -2.15. The molecule has 0 aliphatic carbocycles. The van der Waals surface area contributed by atoms with E-state index in [-0.39, 0.29) is 6.61 Å². The highest BCUT2D eigenvalue weighted by molar-refractivity contribution is 5.71. The normalized spacial score (nSPS) is 11.6. The lowest BCUT2D eigenvalue weighted by atomic mass is 10.0. The zero-order valence-corrected chi connectivity index (χ0v) is 17.3. The highest BCUT2D eigenvalue weighted by Gasteiger charge is 2.11. The van der Waals surface area contributed by atoms with Crippen molar-refractivity contribution in [2.45, 2.75) is 38.7 Å². The number of hydrogen-bond donors (Lipinski definition) is 1. The van der Waals surface area contributed by atoms with Gasteiger partial charge in [-0.3, -0.25) is 0 Å². The summed E-state index contributed by atoms with van der Waals surface area (Å²) in [4.78, 5) is 11.7. The maximum absolute atomic E-state index is 11.7. The fourth-order valence-electron chi connectivity index (χ4n) is 2.83. The molecule has 6 nitrogen and oxygen atoms in total. The number of aliphatic hydroxyl groups is 1. The summed E-state index contributed by atoms with van der Waals surface area (Å²) in [6.45, 7) is 2.30. The van der Waals surface area contributed by atoms with E-state index in [2.05, 4.69) is 0 Å². The molecule has 2 aromatic rings. The molecule has 0 radical (unpaired) electrons. The van der Waals surface area contributed by atoms with E-state index in [1.807, 2.05) is 31.2 Å². The number of aryl methyl sites for hydroxylation is 1. The first-order valence-electron chi connectivity index (χ1n) is 9.84. The lowest BCUT2D eigenvalue weighted by molar-refractivity contribution is -0.146. The van der Waals surface area contributed by atoms with Crippen LogP contribution in [-0.4, -0.2) is 38.5 Å². The van der Waals surface area contributed by atoms with Gasteiger partial charge < -0.3 is 24.1 Å². The Morgan fingerprint density at radius 2 is 1.86 bits per heavy atom. The molecule has 29 heavy (non-hydrogen) atoms. The predicted molar refractivity (Wildman–Crippen MR) is 111 cm³/mol. The molecule has 1 atom stereocenters. The molecule has 0 fully saturated rings. The molecule has 0 spiro atoms. The van der Waals surface area contributed by atoms with Gasteiger partial charge in [0.05, 0.1) is 26.9 Å². The molecule has 0 aliphatic heterocycles. The molecule has 2 aromatic carbocycles. The van der Waals surface area contributed by atoms with Crippen molar-refractivity contribution >= 4 is 5.97 Å². The summed E-state index contributed by atoms with van der Waals surface area (Å²) in [5, 5.41) is 10.6. The quantitative estimate of drug-likeness (QED) is 0.426. The molecule has 0 bridgehead atoms. The van der Waals surface area contributed by atoms with Crippen LogP contribution in [0, 0.1) is 0 Å². The number of aliphatic hydroxyl groups excluding tert-OH is 1. The molecule has 1 N–H and O–H groups in total. The Hall–Kier alpha value is -2.73. The highest BCUT2D eigenvalue weighted by Crippen LogP contribution is 2.29. The number of hydrogen-bond acceptors (Lipinski definition) is 6. The molecule has 0 amide bonds. The van der Waals surface area contributed by atoms with E-state index in [0.29, 0.717) is 36.7 Å². The van der Waals surface area contributed by atoms with Gasteiger partial charge in [-0.1, -0.05) is 31.5 Å². The summed E-state index contributed by atoms with van der Waals surface area (Å²) in [5.41, 5.74) is 1.78. The summed E-state index contributed by atoms with van der Waals surface area (Å²) < 4.78 is 21.1. The first-order chi connectivity index (χ1) is 14.1. The van der Waals surface area contributed by atoms with E-state index in [1.165, 1.54) is 0 Å². The van der Waals surface area contributed by atoms with Crippen LogP contribution < -0.4 is 14.2 Å². The first kappa shape index (κ1) is 22.6. The summed E-state index contributed by atoms with van der Waals surface area (Å²) >= 11 is 0. The van der Waals surface area contributed by atoms with Gasteiger partial charge in [-0.25, -0.2) is 4.79 Å². The second kappa shape index (κ2) is 12.0. The molecule has 0 heterocycles. The maximum atomic E-state index is 11.7. The third-order valence-corrected chi connectivity index (χ3v) is 4.51. The number of esters is 1. The van der Waals surface area contributed by atoms with Gasteiger partial charge in [-0.05, 0) is 54.7 Å². The molecule has 0 saturated carbocycles. The molecule has 0 aliphatic rings. The molecule has 0 aromatic heterocycles. The number of carbonyl (C=O) groups is 1. The zero-order chi connectivity index (χ0) is 21.1. The number of unbranched alkanes of at least 4 members (excludes halogenated alkanes) is 1. The van der Waals surface area contributed by atoms with Gasteiger partial charge in [-0.15, -0.1) is 0 Å². The van der Waals surface area contributed by atoms with Crippen LogP contribution in [0.4, 0.5) is 0 Å². The van der Waals surface area contributed by atoms with E-state index in [1.54, 1.807) is 32.4 Å². The van der Waals surface area contributed by atoms with Crippen molar-refractivity contribution in [3.63, 3.8) is 0 Å². The van der Waals surface area contributed by atoms with Gasteiger partial charge in [0.15, 0.2) is 18.1 Å². The van der Waals surface area contributed by atoms with E-state index >= 15 is 0 Å². The Labute approximate surface area is 172 Å². The molecule has 0 unspecified atom stereocenters. The minimum atomic E-state index is -0.650. The maximum Gasteiger partial charge on any atom is 0.344 e. The van der Waals surface area contributed by atoms with Crippen molar-refractivity contribution in [3.8, 4) is 17.2 Å². The van der Waals surface area contributed by atoms with Crippen LogP contribution >= 0.6 is 0 Å². The minimum Gasteiger partial charge on any atom is -0.493 e. The van der Waals surface area contributed by atoms with Crippen molar-refractivity contribution in [2.24, 2.45) is 0 Å². The summed E-state index contributed by atoms with van der Waals surface area (Å²) in [5.74, 6) is 1.48. The lowest BCUT2D eigenvalue weighted by Gasteiger charge is -2.14. The average Bonchev–Trinajstić information content (AvgIpc) is 2.76. The third kappa shape index (κ3) is 7.31. The number of methoxy groups -OCH3 is 2. The van der Waals surface area contributed by atoms with Crippen LogP contribution in [0.25, 0.3) is 0 Å². The second-order valence-electron chi connectivity index (χ2n) is 6.68. The summed E-state index contributed by atoms with van der Waals surface area (Å²) in [6, 6.07) is 12.9. The van der Waals surface area contributed by atoms with Crippen molar-refractivity contribution < 1.29 is 28.8 Å². The van der Waals surface area contributed by atoms with Crippen LogP contribution in [0.2, 0.25) is 0 Å². The van der Waals surface area contributed by atoms with Crippen molar-refractivity contribution in [1.29, 1.82) is 0 Å². The minimum absolute atomic E-state index is 0.144. The molecular formula is C23H30O6. The fraction of sp³-hybridized carbons (Fsp3) is 0.435. The van der Waals surface area contributed by atoms with E-state index in [0.717, 1.165) is 24.0 Å². The fourth-order valence-corrected chi connectivity index (χ4v) is 2.83.